The average molecular weight is 592 g/mol. The summed E-state index contributed by atoms with van der Waals surface area (Å²) in [6.45, 7) is 0. The summed E-state index contributed by atoms with van der Waals surface area (Å²) in [5, 5.41) is 6.25. The fourth-order valence-corrected chi connectivity index (χ4v) is 7.02. The lowest BCUT2D eigenvalue weighted by atomic mass is 9.97. The van der Waals surface area contributed by atoms with Crippen molar-refractivity contribution in [2.45, 2.75) is 0 Å². The van der Waals surface area contributed by atoms with Crippen LogP contribution in [-0.2, 0) is 0 Å². The standard InChI is InChI=1S/C42H25NO3/c1-3-11-27(12-4-1)43(28-13-5-2-6-14-28)29-21-19-26(20-22-29)33-25-37-39(38-32-16-8-10-18-35(32)46-42(33)38)40-36(44-37)24-23-31-30-15-7-9-17-34(30)45-41(31)40/h1-25H. The SMILES string of the molecule is c1ccc(N(c2ccccc2)c2ccc(-c3cc4oc5ccc6c7ccccc7oc6c5c4c4c3oc3ccccc34)cc2)cc1. The van der Waals surface area contributed by atoms with E-state index in [4.69, 9.17) is 13.3 Å². The molecule has 7 aromatic carbocycles. The molecule has 3 heterocycles. The maximum absolute atomic E-state index is 6.67. The lowest BCUT2D eigenvalue weighted by molar-refractivity contribution is 0.660. The minimum Gasteiger partial charge on any atom is -0.456 e. The van der Waals surface area contributed by atoms with Crippen LogP contribution in [0.15, 0.2) is 165 Å². The molecule has 0 spiro atoms. The zero-order valence-electron chi connectivity index (χ0n) is 24.6. The molecule has 46 heavy (non-hydrogen) atoms. The molecule has 216 valence electrons. The first kappa shape index (κ1) is 25.1. The number of anilines is 3. The fourth-order valence-electron chi connectivity index (χ4n) is 7.02. The number of benzene rings is 7. The van der Waals surface area contributed by atoms with E-state index in [9.17, 15) is 0 Å². The molecule has 10 rings (SSSR count). The van der Waals surface area contributed by atoms with Crippen LogP contribution in [0.4, 0.5) is 17.1 Å². The fraction of sp³-hybridized carbons (Fsp3) is 0. The van der Waals surface area contributed by atoms with E-state index >= 15 is 0 Å². The normalized spacial score (nSPS) is 11.9. The molecule has 4 heteroatoms. The number of hydrogen-bond donors (Lipinski definition) is 0. The molecule has 0 aliphatic rings. The Labute approximate surface area is 263 Å². The zero-order chi connectivity index (χ0) is 30.2. The quantitative estimate of drug-likeness (QED) is 0.204. The van der Waals surface area contributed by atoms with Crippen LogP contribution < -0.4 is 4.90 Å². The van der Waals surface area contributed by atoms with Crippen LogP contribution in [-0.4, -0.2) is 0 Å². The van der Waals surface area contributed by atoms with Gasteiger partial charge in [-0.1, -0.05) is 84.9 Å². The monoisotopic (exact) mass is 591 g/mol. The summed E-state index contributed by atoms with van der Waals surface area (Å²) in [4.78, 5) is 2.27. The van der Waals surface area contributed by atoms with Crippen molar-refractivity contribution in [3.8, 4) is 11.1 Å². The maximum Gasteiger partial charge on any atom is 0.147 e. The lowest BCUT2D eigenvalue weighted by Crippen LogP contribution is -2.09. The summed E-state index contributed by atoms with van der Waals surface area (Å²) in [5.74, 6) is 0. The Kier molecular flexibility index (Phi) is 5.25. The smallest absolute Gasteiger partial charge is 0.147 e. The van der Waals surface area contributed by atoms with Crippen LogP contribution in [0.5, 0.6) is 0 Å². The van der Waals surface area contributed by atoms with Crippen LogP contribution in [0.2, 0.25) is 0 Å². The Balaban J connectivity index is 1.22. The van der Waals surface area contributed by atoms with Crippen molar-refractivity contribution < 1.29 is 13.3 Å². The molecule has 0 saturated carbocycles. The second kappa shape index (κ2) is 9.62. The van der Waals surface area contributed by atoms with E-state index in [0.717, 1.165) is 94.0 Å². The molecule has 0 aliphatic heterocycles. The maximum atomic E-state index is 6.67. The topological polar surface area (TPSA) is 42.7 Å². The molecule has 0 atom stereocenters. The molecule has 3 aromatic heterocycles. The Bertz CT molecular complexity index is 2690. The lowest BCUT2D eigenvalue weighted by Gasteiger charge is -2.25. The Morgan fingerprint density at radius 1 is 0.348 bits per heavy atom. The van der Waals surface area contributed by atoms with Crippen molar-refractivity contribution in [3.05, 3.63) is 152 Å². The van der Waals surface area contributed by atoms with Crippen molar-refractivity contribution in [2.75, 3.05) is 4.90 Å². The molecule has 0 unspecified atom stereocenters. The highest BCUT2D eigenvalue weighted by molar-refractivity contribution is 6.33. The Morgan fingerprint density at radius 2 is 0.935 bits per heavy atom. The van der Waals surface area contributed by atoms with Gasteiger partial charge in [0.2, 0.25) is 0 Å². The molecular formula is C42H25NO3. The highest BCUT2D eigenvalue weighted by Gasteiger charge is 2.24. The van der Waals surface area contributed by atoms with Crippen LogP contribution in [0.3, 0.4) is 0 Å². The molecule has 0 radical (unpaired) electrons. The first-order valence-corrected chi connectivity index (χ1v) is 15.4. The van der Waals surface area contributed by atoms with E-state index in [-0.39, 0.29) is 0 Å². The van der Waals surface area contributed by atoms with Crippen LogP contribution >= 0.6 is 0 Å². The third-order valence-corrected chi connectivity index (χ3v) is 9.06. The predicted molar refractivity (Wildman–Crippen MR) is 188 cm³/mol. The second-order valence-electron chi connectivity index (χ2n) is 11.7. The molecule has 0 bridgehead atoms. The van der Waals surface area contributed by atoms with Gasteiger partial charge in [0.15, 0.2) is 0 Å². The van der Waals surface area contributed by atoms with Gasteiger partial charge in [0.1, 0.15) is 33.5 Å². The van der Waals surface area contributed by atoms with E-state index in [2.05, 4.69) is 114 Å². The number of fused-ring (bicyclic) bond motifs is 11. The van der Waals surface area contributed by atoms with Crippen molar-refractivity contribution in [2.24, 2.45) is 0 Å². The molecule has 0 saturated heterocycles. The predicted octanol–water partition coefficient (Wildman–Crippen LogP) is 12.5. The first-order chi connectivity index (χ1) is 22.8. The number of hydrogen-bond acceptors (Lipinski definition) is 4. The van der Waals surface area contributed by atoms with Crippen LogP contribution in [0.1, 0.15) is 0 Å². The first-order valence-electron chi connectivity index (χ1n) is 15.4. The zero-order valence-corrected chi connectivity index (χ0v) is 24.6. The van der Waals surface area contributed by atoms with Crippen molar-refractivity contribution in [3.63, 3.8) is 0 Å². The van der Waals surface area contributed by atoms with Gasteiger partial charge < -0.3 is 18.2 Å². The van der Waals surface area contributed by atoms with Gasteiger partial charge >= 0.3 is 0 Å². The summed E-state index contributed by atoms with van der Waals surface area (Å²) >= 11 is 0. The van der Waals surface area contributed by atoms with E-state index < -0.39 is 0 Å². The Hall–Kier alpha value is -6.26. The highest BCUT2D eigenvalue weighted by atomic mass is 16.3. The Morgan fingerprint density at radius 3 is 1.65 bits per heavy atom. The van der Waals surface area contributed by atoms with Gasteiger partial charge in [-0.15, -0.1) is 0 Å². The van der Waals surface area contributed by atoms with Gasteiger partial charge in [-0.3, -0.25) is 0 Å². The number of nitrogens with zero attached hydrogens (tertiary/aromatic N) is 1. The summed E-state index contributed by atoms with van der Waals surface area (Å²) in [7, 11) is 0. The van der Waals surface area contributed by atoms with Gasteiger partial charge in [-0.2, -0.15) is 0 Å². The summed E-state index contributed by atoms with van der Waals surface area (Å²) in [6.07, 6.45) is 0. The van der Waals surface area contributed by atoms with E-state index in [1.165, 1.54) is 0 Å². The van der Waals surface area contributed by atoms with E-state index in [1.807, 2.05) is 42.5 Å². The summed E-state index contributed by atoms with van der Waals surface area (Å²) in [5.41, 5.74) is 10.3. The van der Waals surface area contributed by atoms with Gasteiger partial charge in [0.05, 0.1) is 5.39 Å². The highest BCUT2D eigenvalue weighted by Crippen LogP contribution is 2.47. The van der Waals surface area contributed by atoms with Crippen molar-refractivity contribution >= 4 is 82.9 Å². The van der Waals surface area contributed by atoms with Crippen molar-refractivity contribution in [1.29, 1.82) is 0 Å². The van der Waals surface area contributed by atoms with Gasteiger partial charge in [0, 0.05) is 49.6 Å². The third-order valence-electron chi connectivity index (χ3n) is 9.06. The number of para-hydroxylation sites is 4. The minimum atomic E-state index is 0.794. The molecule has 0 aliphatic carbocycles. The molecular weight excluding hydrogens is 566 g/mol. The number of furan rings is 3. The van der Waals surface area contributed by atoms with Crippen LogP contribution in [0, 0.1) is 0 Å². The molecule has 0 amide bonds. The van der Waals surface area contributed by atoms with Crippen LogP contribution in [0.25, 0.3) is 76.9 Å². The van der Waals surface area contributed by atoms with Gasteiger partial charge in [0.25, 0.3) is 0 Å². The van der Waals surface area contributed by atoms with Gasteiger partial charge in [-0.25, -0.2) is 0 Å². The third kappa shape index (κ3) is 3.61. The van der Waals surface area contributed by atoms with E-state index in [0.29, 0.717) is 0 Å². The largest absolute Gasteiger partial charge is 0.456 e. The molecule has 10 aromatic rings. The second-order valence-corrected chi connectivity index (χ2v) is 11.7. The molecule has 0 N–H and O–H groups in total. The summed E-state index contributed by atoms with van der Waals surface area (Å²) in [6, 6.07) is 52.3. The minimum absolute atomic E-state index is 0.794. The summed E-state index contributed by atoms with van der Waals surface area (Å²) < 4.78 is 19.8. The van der Waals surface area contributed by atoms with Crippen molar-refractivity contribution in [1.82, 2.24) is 0 Å². The van der Waals surface area contributed by atoms with Gasteiger partial charge in [-0.05, 0) is 72.3 Å². The van der Waals surface area contributed by atoms with E-state index in [1.54, 1.807) is 0 Å². The molecule has 0 fully saturated rings. The molecule has 4 nitrogen and oxygen atoms in total. The number of rotatable bonds is 4. The average Bonchev–Trinajstić information content (AvgIpc) is 3.80.